The molecule has 19 heavy (non-hydrogen) atoms. The quantitative estimate of drug-likeness (QED) is 0.942. The summed E-state index contributed by atoms with van der Waals surface area (Å²) < 4.78 is 26.2. The van der Waals surface area contributed by atoms with Crippen LogP contribution >= 0.6 is 12.4 Å². The summed E-state index contributed by atoms with van der Waals surface area (Å²) in [4.78, 5) is 15.4. The molecule has 2 rings (SSSR count). The maximum atomic E-state index is 13.3. The Morgan fingerprint density at radius 3 is 2.53 bits per heavy atom. The highest BCUT2D eigenvalue weighted by atomic mass is 35.5. The van der Waals surface area contributed by atoms with E-state index < -0.39 is 11.6 Å². The van der Waals surface area contributed by atoms with Crippen LogP contribution in [0.4, 0.5) is 8.78 Å². The van der Waals surface area contributed by atoms with E-state index in [1.54, 1.807) is 0 Å². The molecule has 6 heteroatoms. The highest BCUT2D eigenvalue weighted by Gasteiger charge is 2.07. The summed E-state index contributed by atoms with van der Waals surface area (Å²) in [6, 6.07) is 6.20. The van der Waals surface area contributed by atoms with E-state index in [1.165, 1.54) is 24.5 Å². The number of nitrogens with one attached hydrogen (secondary N) is 1. The zero-order chi connectivity index (χ0) is 13.0. The fourth-order valence-electron chi connectivity index (χ4n) is 1.46. The molecule has 1 aromatic carbocycles. The van der Waals surface area contributed by atoms with Crippen LogP contribution in [-0.2, 0) is 6.54 Å². The molecular weight excluding hydrogens is 274 g/mol. The Labute approximate surface area is 115 Å². The molecule has 100 valence electrons. The van der Waals surface area contributed by atoms with Gasteiger partial charge in [0.05, 0.1) is 0 Å². The number of halogens is 3. The van der Waals surface area contributed by atoms with E-state index >= 15 is 0 Å². The second-order valence-corrected chi connectivity index (χ2v) is 3.65. The molecule has 2 aromatic rings. The molecule has 0 spiro atoms. The number of pyridine rings is 1. The van der Waals surface area contributed by atoms with Crippen molar-refractivity contribution in [3.63, 3.8) is 0 Å². The fraction of sp³-hybridized carbons (Fsp3) is 0.0769. The van der Waals surface area contributed by atoms with Gasteiger partial charge in [-0.05, 0) is 30.3 Å². The minimum absolute atomic E-state index is 0. The molecule has 0 unspecified atom stereocenters. The van der Waals surface area contributed by atoms with Crippen LogP contribution < -0.4 is 5.32 Å². The smallest absolute Gasteiger partial charge is 0.251 e. The first kappa shape index (κ1) is 15.0. The van der Waals surface area contributed by atoms with Crippen molar-refractivity contribution in [2.75, 3.05) is 0 Å². The number of nitrogens with zero attached hydrogens (tertiary/aromatic N) is 1. The van der Waals surface area contributed by atoms with Crippen molar-refractivity contribution in [1.82, 2.24) is 10.3 Å². The van der Waals surface area contributed by atoms with Gasteiger partial charge in [-0.15, -0.1) is 12.4 Å². The Balaban J connectivity index is 0.00000180. The van der Waals surface area contributed by atoms with Gasteiger partial charge in [0.1, 0.15) is 11.6 Å². The van der Waals surface area contributed by atoms with Gasteiger partial charge in [0, 0.05) is 30.1 Å². The molecule has 0 bridgehead atoms. The molecule has 0 saturated heterocycles. The van der Waals surface area contributed by atoms with E-state index in [9.17, 15) is 13.6 Å². The summed E-state index contributed by atoms with van der Waals surface area (Å²) in [5.74, 6) is -1.45. The molecule has 0 saturated carbocycles. The highest BCUT2D eigenvalue weighted by molar-refractivity contribution is 5.93. The molecule has 1 amide bonds. The molecule has 1 N–H and O–H groups in total. The molecule has 3 nitrogen and oxygen atoms in total. The van der Waals surface area contributed by atoms with Crippen LogP contribution in [0.2, 0.25) is 0 Å². The summed E-state index contributed by atoms with van der Waals surface area (Å²) in [5, 5.41) is 2.51. The number of rotatable bonds is 3. The predicted molar refractivity (Wildman–Crippen MR) is 69.0 cm³/mol. The third-order valence-electron chi connectivity index (χ3n) is 2.39. The highest BCUT2D eigenvalue weighted by Crippen LogP contribution is 2.09. The Kier molecular flexibility index (Phi) is 5.38. The zero-order valence-electron chi connectivity index (χ0n) is 9.77. The zero-order valence-corrected chi connectivity index (χ0v) is 10.6. The van der Waals surface area contributed by atoms with E-state index in [0.717, 1.165) is 18.2 Å². The first-order chi connectivity index (χ1) is 8.66. The minimum atomic E-state index is -0.550. The van der Waals surface area contributed by atoms with Crippen LogP contribution in [0.1, 0.15) is 15.9 Å². The van der Waals surface area contributed by atoms with E-state index in [0.29, 0.717) is 5.56 Å². The lowest BCUT2D eigenvalue weighted by atomic mass is 10.2. The third kappa shape index (κ3) is 3.99. The number of aromatic nitrogens is 1. The number of amides is 1. The fourth-order valence-corrected chi connectivity index (χ4v) is 1.46. The van der Waals surface area contributed by atoms with E-state index in [2.05, 4.69) is 10.3 Å². The Morgan fingerprint density at radius 2 is 1.84 bits per heavy atom. The number of carbonyl (C=O) groups is 1. The van der Waals surface area contributed by atoms with Crippen LogP contribution in [0.25, 0.3) is 0 Å². The number of hydrogen-bond donors (Lipinski definition) is 1. The molecule has 0 fully saturated rings. The Bertz CT molecular complexity index is 564. The molecule has 0 aliphatic heterocycles. The molecule has 1 aromatic heterocycles. The number of benzene rings is 1. The first-order valence-electron chi connectivity index (χ1n) is 5.29. The van der Waals surface area contributed by atoms with E-state index in [4.69, 9.17) is 0 Å². The first-order valence-corrected chi connectivity index (χ1v) is 5.29. The van der Waals surface area contributed by atoms with Crippen molar-refractivity contribution in [3.05, 3.63) is 65.5 Å². The average Bonchev–Trinajstić information content (AvgIpc) is 2.40. The van der Waals surface area contributed by atoms with Crippen molar-refractivity contribution in [1.29, 1.82) is 0 Å². The standard InChI is InChI=1S/C13H10F2N2O.ClH/c14-11-1-2-12(15)10(7-11)8-17-13(18)9-3-5-16-6-4-9;/h1-7H,8H2,(H,17,18);1H. The summed E-state index contributed by atoms with van der Waals surface area (Å²) in [6.07, 6.45) is 2.97. The predicted octanol–water partition coefficient (Wildman–Crippen LogP) is 2.71. The van der Waals surface area contributed by atoms with Gasteiger partial charge < -0.3 is 5.32 Å². The van der Waals surface area contributed by atoms with Crippen LogP contribution in [-0.4, -0.2) is 10.9 Å². The van der Waals surface area contributed by atoms with Crippen molar-refractivity contribution in [2.24, 2.45) is 0 Å². The van der Waals surface area contributed by atoms with Crippen molar-refractivity contribution < 1.29 is 13.6 Å². The second kappa shape index (κ2) is 6.80. The molecular formula is C13H11ClF2N2O. The molecule has 0 atom stereocenters. The van der Waals surface area contributed by atoms with Gasteiger partial charge in [-0.25, -0.2) is 8.78 Å². The molecule has 1 heterocycles. The van der Waals surface area contributed by atoms with Crippen LogP contribution in [0.15, 0.2) is 42.7 Å². The van der Waals surface area contributed by atoms with Gasteiger partial charge in [-0.3, -0.25) is 9.78 Å². The van der Waals surface area contributed by atoms with Gasteiger partial charge in [0.2, 0.25) is 0 Å². The lowest BCUT2D eigenvalue weighted by Crippen LogP contribution is -2.23. The Morgan fingerprint density at radius 1 is 1.16 bits per heavy atom. The SMILES string of the molecule is Cl.O=C(NCc1cc(F)ccc1F)c1ccncc1. The van der Waals surface area contributed by atoms with E-state index in [-0.39, 0.29) is 30.4 Å². The topological polar surface area (TPSA) is 42.0 Å². The van der Waals surface area contributed by atoms with Gasteiger partial charge in [-0.1, -0.05) is 0 Å². The summed E-state index contributed by atoms with van der Waals surface area (Å²) in [7, 11) is 0. The maximum Gasteiger partial charge on any atom is 0.251 e. The van der Waals surface area contributed by atoms with Crippen molar-refractivity contribution in [3.8, 4) is 0 Å². The van der Waals surface area contributed by atoms with Gasteiger partial charge in [-0.2, -0.15) is 0 Å². The summed E-state index contributed by atoms with van der Waals surface area (Å²) in [6.45, 7) is -0.0647. The van der Waals surface area contributed by atoms with Gasteiger partial charge in [0.25, 0.3) is 5.91 Å². The van der Waals surface area contributed by atoms with Crippen molar-refractivity contribution in [2.45, 2.75) is 6.54 Å². The third-order valence-corrected chi connectivity index (χ3v) is 2.39. The van der Waals surface area contributed by atoms with E-state index in [1.807, 2.05) is 0 Å². The largest absolute Gasteiger partial charge is 0.348 e. The molecule has 0 aliphatic carbocycles. The van der Waals surface area contributed by atoms with Gasteiger partial charge in [0.15, 0.2) is 0 Å². The average molecular weight is 285 g/mol. The lowest BCUT2D eigenvalue weighted by molar-refractivity contribution is 0.0950. The number of carbonyl (C=O) groups excluding carboxylic acids is 1. The van der Waals surface area contributed by atoms with Crippen molar-refractivity contribution >= 4 is 18.3 Å². The summed E-state index contributed by atoms with van der Waals surface area (Å²) >= 11 is 0. The second-order valence-electron chi connectivity index (χ2n) is 3.65. The van der Waals surface area contributed by atoms with Crippen LogP contribution in [0.3, 0.4) is 0 Å². The maximum absolute atomic E-state index is 13.3. The monoisotopic (exact) mass is 284 g/mol. The lowest BCUT2D eigenvalue weighted by Gasteiger charge is -2.06. The van der Waals surface area contributed by atoms with Crippen LogP contribution in [0, 0.1) is 11.6 Å². The minimum Gasteiger partial charge on any atom is -0.348 e. The molecule has 0 aliphatic rings. The van der Waals surface area contributed by atoms with Crippen LogP contribution in [0.5, 0.6) is 0 Å². The molecule has 0 radical (unpaired) electrons. The van der Waals surface area contributed by atoms with Gasteiger partial charge >= 0.3 is 0 Å². The number of hydrogen-bond acceptors (Lipinski definition) is 2. The normalized spacial score (nSPS) is 9.58. The summed E-state index contributed by atoms with van der Waals surface area (Å²) in [5.41, 5.74) is 0.527. The Hall–Kier alpha value is -2.01.